The van der Waals surface area contributed by atoms with Gasteiger partial charge in [-0.1, -0.05) is 13.0 Å². The maximum atomic E-state index is 10.5. The molecule has 0 spiro atoms. The molecule has 0 aliphatic carbocycles. The fourth-order valence-corrected chi connectivity index (χ4v) is 2.34. The molecular formula is C13H20N2O. The lowest BCUT2D eigenvalue weighted by Crippen LogP contribution is -2.45. The van der Waals surface area contributed by atoms with E-state index in [1.54, 1.807) is 6.20 Å². The number of rotatable bonds is 3. The van der Waals surface area contributed by atoms with Crippen molar-refractivity contribution < 1.29 is 5.11 Å². The molecule has 1 aliphatic rings. The van der Waals surface area contributed by atoms with Gasteiger partial charge in [0.25, 0.3) is 0 Å². The highest BCUT2D eigenvalue weighted by atomic mass is 16.3. The Bertz CT molecular complexity index is 318. The van der Waals surface area contributed by atoms with Crippen LogP contribution < -0.4 is 0 Å². The van der Waals surface area contributed by atoms with E-state index in [-0.39, 0.29) is 0 Å². The number of hydrogen-bond donors (Lipinski definition) is 1. The van der Waals surface area contributed by atoms with E-state index in [2.05, 4.69) is 16.8 Å². The van der Waals surface area contributed by atoms with Crippen LogP contribution in [-0.4, -0.2) is 40.2 Å². The maximum Gasteiger partial charge on any atom is 0.0712 e. The molecule has 2 rings (SSSR count). The SMILES string of the molecule is CCN1CCC(O)(Cc2cccnc2)CC1. The molecule has 3 heteroatoms. The number of piperidine rings is 1. The second-order valence-corrected chi connectivity index (χ2v) is 4.70. The van der Waals surface area contributed by atoms with Crippen molar-refractivity contribution in [3.05, 3.63) is 30.1 Å². The molecule has 0 saturated carbocycles. The molecule has 1 N–H and O–H groups in total. The lowest BCUT2D eigenvalue weighted by molar-refractivity contribution is -0.0194. The summed E-state index contributed by atoms with van der Waals surface area (Å²) in [5.74, 6) is 0. The molecule has 0 atom stereocenters. The zero-order chi connectivity index (χ0) is 11.4. The van der Waals surface area contributed by atoms with E-state index >= 15 is 0 Å². The smallest absolute Gasteiger partial charge is 0.0712 e. The van der Waals surface area contributed by atoms with Gasteiger partial charge in [0.05, 0.1) is 5.60 Å². The molecule has 1 saturated heterocycles. The lowest BCUT2D eigenvalue weighted by atomic mass is 9.86. The molecule has 1 aliphatic heterocycles. The summed E-state index contributed by atoms with van der Waals surface area (Å²) in [6.45, 7) is 5.27. The summed E-state index contributed by atoms with van der Waals surface area (Å²) in [6, 6.07) is 3.97. The Hall–Kier alpha value is -0.930. The first-order valence-corrected chi connectivity index (χ1v) is 6.05. The summed E-state index contributed by atoms with van der Waals surface area (Å²) >= 11 is 0. The molecule has 0 radical (unpaired) electrons. The van der Waals surface area contributed by atoms with Crippen LogP contribution in [0, 0.1) is 0 Å². The van der Waals surface area contributed by atoms with E-state index in [1.165, 1.54) is 0 Å². The largest absolute Gasteiger partial charge is 0.389 e. The van der Waals surface area contributed by atoms with Gasteiger partial charge in [-0.2, -0.15) is 0 Å². The number of likely N-dealkylation sites (tertiary alicyclic amines) is 1. The summed E-state index contributed by atoms with van der Waals surface area (Å²) in [7, 11) is 0. The first-order chi connectivity index (χ1) is 7.72. The van der Waals surface area contributed by atoms with Crippen LogP contribution in [0.15, 0.2) is 24.5 Å². The molecule has 0 amide bonds. The maximum absolute atomic E-state index is 10.5. The van der Waals surface area contributed by atoms with Gasteiger partial charge in [-0.3, -0.25) is 4.98 Å². The molecule has 16 heavy (non-hydrogen) atoms. The molecule has 0 aromatic carbocycles. The lowest BCUT2D eigenvalue weighted by Gasteiger charge is -2.37. The van der Waals surface area contributed by atoms with Crippen molar-refractivity contribution in [3.8, 4) is 0 Å². The minimum absolute atomic E-state index is 0.519. The Balaban J connectivity index is 1.95. The van der Waals surface area contributed by atoms with E-state index < -0.39 is 5.60 Å². The molecule has 1 aromatic heterocycles. The summed E-state index contributed by atoms with van der Waals surface area (Å²) in [5, 5.41) is 10.5. The molecule has 1 fully saturated rings. The van der Waals surface area contributed by atoms with Gasteiger partial charge in [-0.05, 0) is 31.0 Å². The first kappa shape index (κ1) is 11.6. The van der Waals surface area contributed by atoms with Crippen molar-refractivity contribution in [1.29, 1.82) is 0 Å². The monoisotopic (exact) mass is 220 g/mol. The first-order valence-electron chi connectivity index (χ1n) is 6.05. The van der Waals surface area contributed by atoms with Gasteiger partial charge >= 0.3 is 0 Å². The second-order valence-electron chi connectivity index (χ2n) is 4.70. The molecule has 3 nitrogen and oxygen atoms in total. The number of nitrogens with zero attached hydrogens (tertiary/aromatic N) is 2. The zero-order valence-electron chi connectivity index (χ0n) is 9.89. The van der Waals surface area contributed by atoms with Crippen LogP contribution in [0.25, 0.3) is 0 Å². The molecule has 0 bridgehead atoms. The Morgan fingerprint density at radius 1 is 1.44 bits per heavy atom. The molecule has 2 heterocycles. The predicted octanol–water partition coefficient (Wildman–Crippen LogP) is 1.47. The molecular weight excluding hydrogens is 200 g/mol. The third-order valence-corrected chi connectivity index (χ3v) is 3.49. The fraction of sp³-hybridized carbons (Fsp3) is 0.615. The highest BCUT2D eigenvalue weighted by Gasteiger charge is 2.31. The van der Waals surface area contributed by atoms with Gasteiger partial charge in [0.15, 0.2) is 0 Å². The Morgan fingerprint density at radius 3 is 2.75 bits per heavy atom. The van der Waals surface area contributed by atoms with Crippen molar-refractivity contribution >= 4 is 0 Å². The van der Waals surface area contributed by atoms with Crippen LogP contribution in [0.2, 0.25) is 0 Å². The van der Waals surface area contributed by atoms with Crippen LogP contribution >= 0.6 is 0 Å². The third-order valence-electron chi connectivity index (χ3n) is 3.49. The summed E-state index contributed by atoms with van der Waals surface area (Å²) in [4.78, 5) is 6.48. The quantitative estimate of drug-likeness (QED) is 0.838. The average Bonchev–Trinajstić information content (AvgIpc) is 2.31. The number of hydrogen-bond acceptors (Lipinski definition) is 3. The van der Waals surface area contributed by atoms with Crippen LogP contribution in [0.1, 0.15) is 25.3 Å². The minimum Gasteiger partial charge on any atom is -0.389 e. The van der Waals surface area contributed by atoms with E-state index in [0.717, 1.165) is 44.5 Å². The van der Waals surface area contributed by atoms with Gasteiger partial charge in [-0.15, -0.1) is 0 Å². The van der Waals surface area contributed by atoms with Crippen LogP contribution in [0.4, 0.5) is 0 Å². The highest BCUT2D eigenvalue weighted by Crippen LogP contribution is 2.25. The van der Waals surface area contributed by atoms with Crippen LogP contribution in [0.5, 0.6) is 0 Å². The topological polar surface area (TPSA) is 36.4 Å². The van der Waals surface area contributed by atoms with Crippen molar-refractivity contribution in [1.82, 2.24) is 9.88 Å². The number of aromatic nitrogens is 1. The number of aliphatic hydroxyl groups is 1. The summed E-state index contributed by atoms with van der Waals surface area (Å²) < 4.78 is 0. The zero-order valence-corrected chi connectivity index (χ0v) is 9.89. The third kappa shape index (κ3) is 2.80. The summed E-state index contributed by atoms with van der Waals surface area (Å²) in [5.41, 5.74) is 0.615. The minimum atomic E-state index is -0.519. The Morgan fingerprint density at radius 2 is 2.19 bits per heavy atom. The van der Waals surface area contributed by atoms with Gasteiger partial charge in [0.1, 0.15) is 0 Å². The van der Waals surface area contributed by atoms with Crippen molar-refractivity contribution in [2.75, 3.05) is 19.6 Å². The van der Waals surface area contributed by atoms with Gasteiger partial charge in [0.2, 0.25) is 0 Å². The normalized spacial score (nSPS) is 20.9. The predicted molar refractivity (Wildman–Crippen MR) is 64.2 cm³/mol. The van der Waals surface area contributed by atoms with Crippen molar-refractivity contribution in [3.63, 3.8) is 0 Å². The molecule has 88 valence electrons. The van der Waals surface area contributed by atoms with E-state index in [4.69, 9.17) is 0 Å². The Labute approximate surface area is 97.1 Å². The molecule has 1 aromatic rings. The van der Waals surface area contributed by atoms with Crippen LogP contribution in [-0.2, 0) is 6.42 Å². The average molecular weight is 220 g/mol. The Kier molecular flexibility index (Phi) is 3.56. The fourth-order valence-electron chi connectivity index (χ4n) is 2.34. The van der Waals surface area contributed by atoms with Crippen LogP contribution in [0.3, 0.4) is 0 Å². The van der Waals surface area contributed by atoms with Gasteiger partial charge < -0.3 is 10.0 Å². The van der Waals surface area contributed by atoms with Gasteiger partial charge in [-0.25, -0.2) is 0 Å². The van der Waals surface area contributed by atoms with Crippen molar-refractivity contribution in [2.45, 2.75) is 31.8 Å². The molecule has 0 unspecified atom stereocenters. The van der Waals surface area contributed by atoms with E-state index in [0.29, 0.717) is 0 Å². The highest BCUT2D eigenvalue weighted by molar-refractivity contribution is 5.12. The van der Waals surface area contributed by atoms with E-state index in [1.807, 2.05) is 18.3 Å². The second kappa shape index (κ2) is 4.93. The van der Waals surface area contributed by atoms with E-state index in [9.17, 15) is 5.11 Å². The standard InChI is InChI=1S/C13H20N2O/c1-2-15-8-5-13(16,6-9-15)10-12-4-3-7-14-11-12/h3-4,7,11,16H,2,5-6,8-10H2,1H3. The summed E-state index contributed by atoms with van der Waals surface area (Å²) in [6.07, 6.45) is 6.10. The number of pyridine rings is 1. The van der Waals surface area contributed by atoms with Gasteiger partial charge in [0, 0.05) is 31.9 Å². The van der Waals surface area contributed by atoms with Crippen molar-refractivity contribution in [2.24, 2.45) is 0 Å².